The molecule has 0 aliphatic heterocycles. The second kappa shape index (κ2) is 10.2. The van der Waals surface area contributed by atoms with Crippen molar-refractivity contribution < 1.29 is 14.8 Å². The predicted molar refractivity (Wildman–Crippen MR) is 140 cm³/mol. The average molecular weight is 494 g/mol. The zero-order chi connectivity index (χ0) is 25.9. The van der Waals surface area contributed by atoms with Gasteiger partial charge in [-0.1, -0.05) is 48.4 Å². The number of rotatable bonds is 6. The Morgan fingerprint density at radius 3 is 2.49 bits per heavy atom. The number of hydroxylamine groups is 1. The Hall–Kier alpha value is -4.48. The van der Waals surface area contributed by atoms with Crippen molar-refractivity contribution in [2.45, 2.75) is 25.3 Å². The topological polar surface area (TPSA) is 100 Å². The first-order valence-corrected chi connectivity index (χ1v) is 12.1. The number of nitrogens with one attached hydrogen (secondary N) is 1. The first kappa shape index (κ1) is 24.2. The molecule has 8 heteroatoms. The van der Waals surface area contributed by atoms with Crippen LogP contribution in [0.2, 0.25) is 0 Å². The molecule has 2 N–H and O–H groups in total. The standard InChI is InChI=1S/C29H27N5O3/c1-33(2)29(36)22-13-11-21(12-14-22)26-27-23(16-17-30-26)24(15-10-19-8-9-19)34(31-27)25(28(35)32-37)18-20-6-4-3-5-7-20/h3-7,11-14,16-17,19,25,37H,8-9,18H2,1-2H3,(H,32,35). The smallest absolute Gasteiger partial charge is 0.268 e. The molecule has 0 saturated heterocycles. The lowest BCUT2D eigenvalue weighted by Gasteiger charge is -2.17. The van der Waals surface area contributed by atoms with Crippen molar-refractivity contribution in [3.8, 4) is 23.1 Å². The van der Waals surface area contributed by atoms with Crippen molar-refractivity contribution in [3.05, 3.63) is 83.7 Å². The summed E-state index contributed by atoms with van der Waals surface area (Å²) in [5.74, 6) is 6.25. The first-order valence-electron chi connectivity index (χ1n) is 12.1. The quantitative estimate of drug-likeness (QED) is 0.241. The van der Waals surface area contributed by atoms with Crippen molar-refractivity contribution >= 4 is 22.7 Å². The third-order valence-electron chi connectivity index (χ3n) is 6.38. The molecule has 0 radical (unpaired) electrons. The maximum Gasteiger partial charge on any atom is 0.268 e. The van der Waals surface area contributed by atoms with Crippen LogP contribution in [0.5, 0.6) is 0 Å². The summed E-state index contributed by atoms with van der Waals surface area (Å²) in [5, 5.41) is 15.2. The van der Waals surface area contributed by atoms with Gasteiger partial charge in [0.25, 0.3) is 11.8 Å². The van der Waals surface area contributed by atoms with Crippen LogP contribution in [-0.4, -0.2) is 50.8 Å². The summed E-state index contributed by atoms with van der Waals surface area (Å²) >= 11 is 0. The Bertz CT molecular complexity index is 1510. The monoisotopic (exact) mass is 493 g/mol. The highest BCUT2D eigenvalue weighted by Gasteiger charge is 2.27. The Labute approximate surface area is 214 Å². The van der Waals surface area contributed by atoms with E-state index in [9.17, 15) is 14.8 Å². The van der Waals surface area contributed by atoms with Crippen molar-refractivity contribution in [3.63, 3.8) is 0 Å². The molecule has 2 amide bonds. The number of hydrogen-bond acceptors (Lipinski definition) is 5. The SMILES string of the molecule is CN(C)C(=O)c1ccc(-c2nccc3c(C#CC4CC4)n(C(Cc4ccccc4)C(=O)NO)nc23)cc1. The molecule has 1 aliphatic carbocycles. The molecule has 5 rings (SSSR count). The van der Waals surface area contributed by atoms with Crippen molar-refractivity contribution in [2.24, 2.45) is 5.92 Å². The number of nitrogens with zero attached hydrogens (tertiary/aromatic N) is 4. The highest BCUT2D eigenvalue weighted by atomic mass is 16.5. The number of carbonyl (C=O) groups excluding carboxylic acids is 2. The molecule has 37 heavy (non-hydrogen) atoms. The fourth-order valence-corrected chi connectivity index (χ4v) is 4.22. The van der Waals surface area contributed by atoms with Crippen LogP contribution in [0.4, 0.5) is 0 Å². The van der Waals surface area contributed by atoms with Crippen molar-refractivity contribution in [2.75, 3.05) is 14.1 Å². The Balaban J connectivity index is 1.64. The lowest BCUT2D eigenvalue weighted by Crippen LogP contribution is -2.33. The second-order valence-corrected chi connectivity index (χ2v) is 9.35. The van der Waals surface area contributed by atoms with Gasteiger partial charge in [-0.15, -0.1) is 0 Å². The van der Waals surface area contributed by atoms with E-state index in [1.165, 1.54) is 4.90 Å². The average Bonchev–Trinajstić information content (AvgIpc) is 3.69. The third kappa shape index (κ3) is 5.08. The number of aromatic nitrogens is 3. The van der Waals surface area contributed by atoms with Gasteiger partial charge >= 0.3 is 0 Å². The minimum Gasteiger partial charge on any atom is -0.345 e. The number of hydrogen-bond donors (Lipinski definition) is 2. The van der Waals surface area contributed by atoms with Gasteiger partial charge in [-0.2, -0.15) is 5.10 Å². The van der Waals surface area contributed by atoms with Gasteiger partial charge in [0.15, 0.2) is 0 Å². The van der Waals surface area contributed by atoms with Gasteiger partial charge < -0.3 is 4.90 Å². The van der Waals surface area contributed by atoms with Crippen molar-refractivity contribution in [1.82, 2.24) is 25.1 Å². The highest BCUT2D eigenvalue weighted by molar-refractivity contribution is 5.97. The fraction of sp³-hybridized carbons (Fsp3) is 0.241. The van der Waals surface area contributed by atoms with E-state index in [0.717, 1.165) is 29.4 Å². The van der Waals surface area contributed by atoms with E-state index in [2.05, 4.69) is 16.8 Å². The van der Waals surface area contributed by atoms with Crippen molar-refractivity contribution in [1.29, 1.82) is 0 Å². The summed E-state index contributed by atoms with van der Waals surface area (Å²) in [6.07, 6.45) is 4.15. The van der Waals surface area contributed by atoms with E-state index >= 15 is 0 Å². The summed E-state index contributed by atoms with van der Waals surface area (Å²) in [7, 11) is 3.42. The molecular weight excluding hydrogens is 466 g/mol. The molecule has 2 heterocycles. The van der Waals surface area contributed by atoms with Crippen LogP contribution < -0.4 is 5.48 Å². The van der Waals surface area contributed by atoms with E-state index < -0.39 is 11.9 Å². The number of fused-ring (bicyclic) bond motifs is 1. The summed E-state index contributed by atoms with van der Waals surface area (Å²) < 4.78 is 1.60. The highest BCUT2D eigenvalue weighted by Crippen LogP contribution is 2.32. The maximum absolute atomic E-state index is 12.9. The van der Waals surface area contributed by atoms with Gasteiger partial charge in [-0.3, -0.25) is 19.8 Å². The van der Waals surface area contributed by atoms with Crippen LogP contribution in [0.15, 0.2) is 66.9 Å². The Kier molecular flexibility index (Phi) is 6.71. The third-order valence-corrected chi connectivity index (χ3v) is 6.38. The summed E-state index contributed by atoms with van der Waals surface area (Å²) in [5.41, 5.74) is 5.92. The normalized spacial score (nSPS) is 13.5. The molecule has 1 unspecified atom stereocenters. The number of amides is 2. The zero-order valence-electron chi connectivity index (χ0n) is 20.7. The summed E-state index contributed by atoms with van der Waals surface area (Å²) in [6, 6.07) is 17.8. The zero-order valence-corrected chi connectivity index (χ0v) is 20.7. The molecule has 1 atom stereocenters. The molecule has 186 valence electrons. The van der Waals surface area contributed by atoms with Gasteiger partial charge in [0.1, 0.15) is 17.3 Å². The second-order valence-electron chi connectivity index (χ2n) is 9.35. The molecule has 1 fully saturated rings. The number of benzene rings is 2. The van der Waals surface area contributed by atoms with E-state index in [1.807, 2.05) is 48.5 Å². The van der Waals surface area contributed by atoms with E-state index in [1.54, 1.807) is 42.6 Å². The Morgan fingerprint density at radius 2 is 1.84 bits per heavy atom. The van der Waals surface area contributed by atoms with Crippen LogP contribution in [-0.2, 0) is 11.2 Å². The number of carbonyl (C=O) groups is 2. The minimum atomic E-state index is -0.823. The molecule has 2 aromatic heterocycles. The van der Waals surface area contributed by atoms with Crippen LogP contribution in [0.1, 0.15) is 40.5 Å². The number of pyridine rings is 1. The fourth-order valence-electron chi connectivity index (χ4n) is 4.22. The van der Waals surface area contributed by atoms with Gasteiger partial charge in [0, 0.05) is 49.1 Å². The maximum atomic E-state index is 12.9. The van der Waals surface area contributed by atoms with Crippen LogP contribution in [0, 0.1) is 17.8 Å². The summed E-state index contributed by atoms with van der Waals surface area (Å²) in [6.45, 7) is 0. The van der Waals surface area contributed by atoms with Crippen LogP contribution in [0.25, 0.3) is 22.2 Å². The van der Waals surface area contributed by atoms with Gasteiger partial charge in [0.2, 0.25) is 0 Å². The molecular formula is C29H27N5O3. The molecule has 1 aliphatic rings. The predicted octanol–water partition coefficient (Wildman–Crippen LogP) is 3.85. The minimum absolute atomic E-state index is 0.0848. The Morgan fingerprint density at radius 1 is 1.11 bits per heavy atom. The van der Waals surface area contributed by atoms with E-state index in [0.29, 0.717) is 34.8 Å². The summed E-state index contributed by atoms with van der Waals surface area (Å²) in [4.78, 5) is 31.3. The lowest BCUT2D eigenvalue weighted by atomic mass is 10.0. The van der Waals surface area contributed by atoms with E-state index in [4.69, 9.17) is 5.10 Å². The lowest BCUT2D eigenvalue weighted by molar-refractivity contribution is -0.133. The molecule has 4 aromatic rings. The molecule has 0 spiro atoms. The molecule has 1 saturated carbocycles. The first-order chi connectivity index (χ1) is 18.0. The van der Waals surface area contributed by atoms with E-state index in [-0.39, 0.29) is 5.91 Å². The van der Waals surface area contributed by atoms with Gasteiger partial charge in [0.05, 0.1) is 5.69 Å². The molecule has 0 bridgehead atoms. The largest absolute Gasteiger partial charge is 0.345 e. The van der Waals surface area contributed by atoms with Crippen LogP contribution >= 0.6 is 0 Å². The van der Waals surface area contributed by atoms with Gasteiger partial charge in [-0.05, 0) is 42.5 Å². The molecule has 8 nitrogen and oxygen atoms in total. The van der Waals surface area contributed by atoms with Gasteiger partial charge in [-0.25, -0.2) is 10.2 Å². The molecule has 2 aromatic carbocycles. The van der Waals surface area contributed by atoms with Crippen LogP contribution in [0.3, 0.4) is 0 Å².